The number of carbonyl (C=O) groups excluding carboxylic acids is 1. The van der Waals surface area contributed by atoms with Crippen molar-refractivity contribution in [2.24, 2.45) is 0 Å². The molecule has 0 saturated carbocycles. The van der Waals surface area contributed by atoms with Crippen LogP contribution in [0.4, 0.5) is 0 Å². The Morgan fingerprint density at radius 1 is 1.26 bits per heavy atom. The Labute approximate surface area is 120 Å². The molecule has 19 heavy (non-hydrogen) atoms. The zero-order valence-corrected chi connectivity index (χ0v) is 12.6. The summed E-state index contributed by atoms with van der Waals surface area (Å²) in [5, 5.41) is 0. The lowest BCUT2D eigenvalue weighted by molar-refractivity contribution is -0.883. The fourth-order valence-corrected chi connectivity index (χ4v) is 3.03. The molecule has 1 aromatic rings. The van der Waals surface area contributed by atoms with Gasteiger partial charge in [0.1, 0.15) is 0 Å². The molecule has 0 aliphatic carbocycles. The minimum Gasteiger partial charge on any atom is -0.334 e. The number of quaternary nitrogens is 1. The molecule has 1 saturated heterocycles. The van der Waals surface area contributed by atoms with Gasteiger partial charge in [0.05, 0.1) is 33.2 Å². The van der Waals surface area contributed by atoms with Crippen LogP contribution in [-0.2, 0) is 4.79 Å². The summed E-state index contributed by atoms with van der Waals surface area (Å²) in [6.45, 7) is 6.08. The van der Waals surface area contributed by atoms with Crippen molar-refractivity contribution >= 4 is 17.7 Å². The number of carbonyl (C=O) groups is 1. The molecule has 3 nitrogen and oxygen atoms in total. The largest absolute Gasteiger partial charge is 0.334 e. The number of hydrogen-bond acceptors (Lipinski definition) is 2. The molecule has 0 unspecified atom stereocenters. The van der Waals surface area contributed by atoms with Crippen molar-refractivity contribution in [3.8, 4) is 0 Å². The van der Waals surface area contributed by atoms with Crippen LogP contribution in [0.5, 0.6) is 0 Å². The first-order valence-corrected chi connectivity index (χ1v) is 7.92. The number of nitrogens with one attached hydrogen (secondary N) is 1. The zero-order valence-electron chi connectivity index (χ0n) is 11.8. The first kappa shape index (κ1) is 14.4. The Balaban J connectivity index is 1.70. The fraction of sp³-hybridized carbons (Fsp3) is 0.533. The summed E-state index contributed by atoms with van der Waals surface area (Å²) in [7, 11) is 2.19. The number of aryl methyl sites for hydroxylation is 1. The van der Waals surface area contributed by atoms with E-state index in [0.29, 0.717) is 12.3 Å². The standard InChI is InChI=1S/C15H22N2OS/c1-13-3-5-14(6-4-13)19-12-7-15(18)17-10-8-16(2)9-11-17/h3-6H,7-12H2,1-2H3/p+1. The van der Waals surface area contributed by atoms with Crippen molar-refractivity contribution in [3.63, 3.8) is 0 Å². The van der Waals surface area contributed by atoms with Gasteiger partial charge in [0.15, 0.2) is 0 Å². The van der Waals surface area contributed by atoms with Crippen molar-refractivity contribution in [1.29, 1.82) is 0 Å². The van der Waals surface area contributed by atoms with Crippen LogP contribution < -0.4 is 4.90 Å². The Morgan fingerprint density at radius 2 is 1.89 bits per heavy atom. The molecular formula is C15H23N2OS+. The molecule has 1 N–H and O–H groups in total. The SMILES string of the molecule is Cc1ccc(SCCC(=O)N2CC[NH+](C)CC2)cc1. The van der Waals surface area contributed by atoms with Crippen LogP contribution >= 0.6 is 11.8 Å². The fourth-order valence-electron chi connectivity index (χ4n) is 2.19. The van der Waals surface area contributed by atoms with E-state index in [1.165, 1.54) is 15.4 Å². The number of hydrogen-bond donors (Lipinski definition) is 1. The van der Waals surface area contributed by atoms with E-state index in [9.17, 15) is 4.79 Å². The van der Waals surface area contributed by atoms with E-state index in [1.807, 2.05) is 4.90 Å². The lowest BCUT2D eigenvalue weighted by Gasteiger charge is -2.30. The van der Waals surface area contributed by atoms with Crippen LogP contribution in [0.15, 0.2) is 29.2 Å². The molecule has 1 heterocycles. The molecule has 2 rings (SSSR count). The Kier molecular flexibility index (Phi) is 5.28. The second-order valence-corrected chi connectivity index (χ2v) is 6.42. The summed E-state index contributed by atoms with van der Waals surface area (Å²) in [6, 6.07) is 8.49. The third-order valence-corrected chi connectivity index (χ3v) is 4.59. The molecule has 1 aliphatic rings. The van der Waals surface area contributed by atoms with Crippen LogP contribution in [0.25, 0.3) is 0 Å². The maximum atomic E-state index is 12.1. The highest BCUT2D eigenvalue weighted by Gasteiger charge is 2.20. The highest BCUT2D eigenvalue weighted by Crippen LogP contribution is 2.19. The molecule has 1 amide bonds. The molecule has 0 spiro atoms. The van der Waals surface area contributed by atoms with Crippen molar-refractivity contribution in [2.75, 3.05) is 39.0 Å². The van der Waals surface area contributed by atoms with Gasteiger partial charge in [-0.05, 0) is 19.1 Å². The topological polar surface area (TPSA) is 24.8 Å². The van der Waals surface area contributed by atoms with Gasteiger partial charge in [0.25, 0.3) is 0 Å². The minimum absolute atomic E-state index is 0.312. The summed E-state index contributed by atoms with van der Waals surface area (Å²) in [5.74, 6) is 1.19. The smallest absolute Gasteiger partial charge is 0.223 e. The van der Waals surface area contributed by atoms with Crippen LogP contribution in [0, 0.1) is 6.92 Å². The van der Waals surface area contributed by atoms with E-state index in [1.54, 1.807) is 11.8 Å². The highest BCUT2D eigenvalue weighted by atomic mass is 32.2. The predicted octanol–water partition coefficient (Wildman–Crippen LogP) is 0.834. The summed E-state index contributed by atoms with van der Waals surface area (Å²) in [6.07, 6.45) is 0.650. The van der Waals surface area contributed by atoms with E-state index in [2.05, 4.69) is 38.2 Å². The van der Waals surface area contributed by atoms with Crippen LogP contribution in [0.2, 0.25) is 0 Å². The summed E-state index contributed by atoms with van der Waals surface area (Å²) < 4.78 is 0. The van der Waals surface area contributed by atoms with E-state index < -0.39 is 0 Å². The molecular weight excluding hydrogens is 256 g/mol. The van der Waals surface area contributed by atoms with Crippen LogP contribution in [0.1, 0.15) is 12.0 Å². The number of thioether (sulfide) groups is 1. The van der Waals surface area contributed by atoms with Gasteiger partial charge in [-0.2, -0.15) is 0 Å². The van der Waals surface area contributed by atoms with Gasteiger partial charge in [-0.15, -0.1) is 11.8 Å². The molecule has 1 aromatic carbocycles. The molecule has 4 heteroatoms. The summed E-state index contributed by atoms with van der Waals surface area (Å²) in [5.41, 5.74) is 1.28. The number of benzene rings is 1. The molecule has 0 radical (unpaired) electrons. The van der Waals surface area contributed by atoms with Crippen molar-refractivity contribution in [3.05, 3.63) is 29.8 Å². The number of amides is 1. The van der Waals surface area contributed by atoms with Gasteiger partial charge >= 0.3 is 0 Å². The molecule has 1 fully saturated rings. The number of nitrogens with zero attached hydrogens (tertiary/aromatic N) is 1. The normalized spacial score (nSPS) is 16.6. The monoisotopic (exact) mass is 279 g/mol. The van der Waals surface area contributed by atoms with E-state index in [4.69, 9.17) is 0 Å². The van der Waals surface area contributed by atoms with Gasteiger partial charge in [-0.1, -0.05) is 17.7 Å². The number of rotatable bonds is 4. The third-order valence-electron chi connectivity index (χ3n) is 3.58. The first-order valence-electron chi connectivity index (χ1n) is 6.94. The van der Waals surface area contributed by atoms with Gasteiger partial charge < -0.3 is 9.80 Å². The van der Waals surface area contributed by atoms with Gasteiger partial charge in [0.2, 0.25) is 5.91 Å². The molecule has 104 valence electrons. The second kappa shape index (κ2) is 6.96. The van der Waals surface area contributed by atoms with Crippen LogP contribution in [0.3, 0.4) is 0 Å². The van der Waals surface area contributed by atoms with E-state index in [-0.39, 0.29) is 0 Å². The highest BCUT2D eigenvalue weighted by molar-refractivity contribution is 7.99. The van der Waals surface area contributed by atoms with Gasteiger partial charge in [0, 0.05) is 17.1 Å². The molecule has 0 bridgehead atoms. The Hall–Kier alpha value is -1.00. The third kappa shape index (κ3) is 4.55. The minimum atomic E-state index is 0.312. The van der Waals surface area contributed by atoms with Gasteiger partial charge in [-0.3, -0.25) is 4.79 Å². The van der Waals surface area contributed by atoms with Crippen molar-refractivity contribution in [2.45, 2.75) is 18.2 Å². The summed E-state index contributed by atoms with van der Waals surface area (Å²) in [4.78, 5) is 16.8. The lowest BCUT2D eigenvalue weighted by atomic mass is 10.2. The Morgan fingerprint density at radius 3 is 2.53 bits per heavy atom. The number of likely N-dealkylation sites (N-methyl/N-ethyl adjacent to an activating group) is 1. The molecule has 0 atom stereocenters. The quantitative estimate of drug-likeness (QED) is 0.826. The van der Waals surface area contributed by atoms with Gasteiger partial charge in [-0.25, -0.2) is 0 Å². The van der Waals surface area contributed by atoms with Crippen molar-refractivity contribution in [1.82, 2.24) is 4.90 Å². The van der Waals surface area contributed by atoms with Crippen molar-refractivity contribution < 1.29 is 9.69 Å². The van der Waals surface area contributed by atoms with E-state index in [0.717, 1.165) is 31.9 Å². The second-order valence-electron chi connectivity index (χ2n) is 5.25. The zero-order chi connectivity index (χ0) is 13.7. The average molecular weight is 279 g/mol. The molecule has 1 aliphatic heterocycles. The maximum Gasteiger partial charge on any atom is 0.223 e. The summed E-state index contributed by atoms with van der Waals surface area (Å²) >= 11 is 1.77. The van der Waals surface area contributed by atoms with Crippen LogP contribution in [-0.4, -0.2) is 49.8 Å². The number of piperazine rings is 1. The predicted molar refractivity (Wildman–Crippen MR) is 79.7 cm³/mol. The first-order chi connectivity index (χ1) is 9.15. The Bertz CT molecular complexity index is 411. The lowest BCUT2D eigenvalue weighted by Crippen LogP contribution is -3.12. The maximum absolute atomic E-state index is 12.1. The van der Waals surface area contributed by atoms with E-state index >= 15 is 0 Å². The average Bonchev–Trinajstić information content (AvgIpc) is 2.41. The molecule has 0 aromatic heterocycles.